The summed E-state index contributed by atoms with van der Waals surface area (Å²) in [6.45, 7) is 7.49. The number of carbonyl (C=O) groups excluding carboxylic acids is 2. The summed E-state index contributed by atoms with van der Waals surface area (Å²) >= 11 is 0. The highest BCUT2D eigenvalue weighted by atomic mass is 16.1. The number of Topliss-reactive ketones (excluding diaryl/α,β-unsaturated/α-hetero) is 2. The van der Waals surface area contributed by atoms with Crippen LogP contribution in [0, 0.1) is 5.92 Å². The van der Waals surface area contributed by atoms with Crippen molar-refractivity contribution >= 4 is 17.1 Å². The molecule has 2 aliphatic rings. The number of hydrogen-bond donors (Lipinski definition) is 0. The van der Waals surface area contributed by atoms with Gasteiger partial charge in [0, 0.05) is 60.6 Å². The Morgan fingerprint density at radius 3 is 2.57 bits per heavy atom. The van der Waals surface area contributed by atoms with Gasteiger partial charge < -0.3 is 0 Å². The fourth-order valence-electron chi connectivity index (χ4n) is 4.88. The Hall–Kier alpha value is -3.51. The summed E-state index contributed by atoms with van der Waals surface area (Å²) in [5.74, 6) is 0.405. The first-order valence-electron chi connectivity index (χ1n) is 12.3. The third-order valence-electron chi connectivity index (χ3n) is 6.86. The van der Waals surface area contributed by atoms with E-state index in [0.717, 1.165) is 42.0 Å². The number of benzene rings is 1. The summed E-state index contributed by atoms with van der Waals surface area (Å²) in [5, 5.41) is 0. The molecule has 3 heterocycles. The molecule has 0 radical (unpaired) electrons. The summed E-state index contributed by atoms with van der Waals surface area (Å²) in [5.41, 5.74) is 5.81. The smallest absolute Gasteiger partial charge is 0.195 e. The van der Waals surface area contributed by atoms with E-state index in [0.29, 0.717) is 23.5 Å². The number of allylic oxidation sites excluding steroid dienone is 2. The van der Waals surface area contributed by atoms with Gasteiger partial charge in [0.05, 0.1) is 5.69 Å². The molecule has 1 fully saturated rings. The molecule has 1 saturated heterocycles. The number of pyridine rings is 1. The van der Waals surface area contributed by atoms with Gasteiger partial charge in [0.25, 0.3) is 0 Å². The van der Waals surface area contributed by atoms with Crippen LogP contribution in [0.1, 0.15) is 64.5 Å². The molecule has 0 amide bonds. The summed E-state index contributed by atoms with van der Waals surface area (Å²) in [6, 6.07) is 10.1. The van der Waals surface area contributed by atoms with Crippen LogP contribution in [-0.2, 0) is 24.2 Å². The normalized spacial score (nSPS) is 17.1. The number of ketones is 2. The molecule has 1 aliphatic heterocycles. The maximum Gasteiger partial charge on any atom is 0.195 e. The minimum absolute atomic E-state index is 0.0847. The fourth-order valence-corrected chi connectivity index (χ4v) is 4.88. The van der Waals surface area contributed by atoms with Crippen LogP contribution in [0.5, 0.6) is 0 Å². The molecular formula is C29H30N4O2. The number of fused-ring (bicyclic) bond motifs is 1. The summed E-state index contributed by atoms with van der Waals surface area (Å²) in [6.07, 6.45) is 10.4. The van der Waals surface area contributed by atoms with Gasteiger partial charge >= 0.3 is 0 Å². The summed E-state index contributed by atoms with van der Waals surface area (Å²) in [7, 11) is 0. The molecule has 5 rings (SSSR count). The molecule has 1 aromatic carbocycles. The Balaban J connectivity index is 1.28. The second-order valence-electron chi connectivity index (χ2n) is 9.92. The van der Waals surface area contributed by atoms with E-state index in [-0.39, 0.29) is 23.9 Å². The van der Waals surface area contributed by atoms with Crippen molar-refractivity contribution in [2.24, 2.45) is 5.92 Å². The average Bonchev–Trinajstić information content (AvgIpc) is 3.21. The number of carbonyl (C=O) groups is 2. The first-order valence-corrected chi connectivity index (χ1v) is 12.3. The maximum atomic E-state index is 13.4. The number of aromatic nitrogens is 3. The zero-order chi connectivity index (χ0) is 24.4. The molecular weight excluding hydrogens is 436 g/mol. The molecule has 1 aliphatic carbocycles. The second kappa shape index (κ2) is 10.0. The van der Waals surface area contributed by atoms with E-state index in [1.165, 1.54) is 18.3 Å². The van der Waals surface area contributed by atoms with Crippen LogP contribution in [0.25, 0.3) is 5.57 Å². The van der Waals surface area contributed by atoms with Gasteiger partial charge in [0.2, 0.25) is 0 Å². The molecule has 178 valence electrons. The van der Waals surface area contributed by atoms with Crippen molar-refractivity contribution in [2.45, 2.75) is 45.6 Å². The summed E-state index contributed by atoms with van der Waals surface area (Å²) < 4.78 is 0. The highest BCUT2D eigenvalue weighted by molar-refractivity contribution is 6.30. The van der Waals surface area contributed by atoms with E-state index in [4.69, 9.17) is 0 Å². The van der Waals surface area contributed by atoms with E-state index >= 15 is 0 Å². The predicted octanol–water partition coefficient (Wildman–Crippen LogP) is 4.45. The maximum absolute atomic E-state index is 13.4. The molecule has 0 spiro atoms. The van der Waals surface area contributed by atoms with Gasteiger partial charge in [-0.15, -0.1) is 0 Å². The second-order valence-corrected chi connectivity index (χ2v) is 9.92. The standard InChI is InChI=1S/C29H30N4O2/c1-19(2)25-13-26(27-16-31-18-32-28(25)27)29(35)23-10-22(14-30-15-23)12-24(34)11-20-5-3-6-21(9-20)17-33-7-4-8-33/h3,5-6,9-10,13-16,18-19,25H,4,7-8,11-12,17H2,1-2H3. The van der Waals surface area contributed by atoms with Crippen molar-refractivity contribution in [2.75, 3.05) is 13.1 Å². The van der Waals surface area contributed by atoms with Crippen LogP contribution >= 0.6 is 0 Å². The Labute approximate surface area is 206 Å². The molecule has 35 heavy (non-hydrogen) atoms. The van der Waals surface area contributed by atoms with Crippen LogP contribution < -0.4 is 0 Å². The fraction of sp³-hybridized carbons (Fsp3) is 0.345. The monoisotopic (exact) mass is 466 g/mol. The zero-order valence-electron chi connectivity index (χ0n) is 20.3. The van der Waals surface area contributed by atoms with Gasteiger partial charge in [0.15, 0.2) is 5.78 Å². The van der Waals surface area contributed by atoms with Crippen molar-refractivity contribution in [1.29, 1.82) is 0 Å². The van der Waals surface area contributed by atoms with Crippen molar-refractivity contribution in [3.8, 4) is 0 Å². The molecule has 6 nitrogen and oxygen atoms in total. The van der Waals surface area contributed by atoms with Crippen molar-refractivity contribution in [3.05, 3.63) is 94.8 Å². The minimum Gasteiger partial charge on any atom is -0.299 e. The highest BCUT2D eigenvalue weighted by Crippen LogP contribution is 2.39. The molecule has 1 atom stereocenters. The molecule has 6 heteroatoms. The number of rotatable bonds is 9. The largest absolute Gasteiger partial charge is 0.299 e. The Morgan fingerprint density at radius 1 is 1.00 bits per heavy atom. The van der Waals surface area contributed by atoms with Crippen molar-refractivity contribution < 1.29 is 9.59 Å². The SMILES string of the molecule is CC(C)C1C=C(C(=O)c2cncc(CC(=O)Cc3cccc(CN4CCC4)c3)c2)c2cncnc21. The van der Waals surface area contributed by atoms with E-state index in [2.05, 4.69) is 45.8 Å². The highest BCUT2D eigenvalue weighted by Gasteiger charge is 2.31. The lowest BCUT2D eigenvalue weighted by Crippen LogP contribution is -2.36. The van der Waals surface area contributed by atoms with Gasteiger partial charge in [-0.1, -0.05) is 44.2 Å². The predicted molar refractivity (Wildman–Crippen MR) is 135 cm³/mol. The van der Waals surface area contributed by atoms with Gasteiger partial charge in [-0.05, 0) is 48.2 Å². The van der Waals surface area contributed by atoms with Crippen LogP contribution in [0.15, 0.2) is 61.3 Å². The van der Waals surface area contributed by atoms with Crippen molar-refractivity contribution in [1.82, 2.24) is 19.9 Å². The third-order valence-corrected chi connectivity index (χ3v) is 6.86. The Kier molecular flexibility index (Phi) is 6.64. The lowest BCUT2D eigenvalue weighted by atomic mass is 9.95. The lowest BCUT2D eigenvalue weighted by Gasteiger charge is -2.30. The Morgan fingerprint density at radius 2 is 1.80 bits per heavy atom. The third kappa shape index (κ3) is 5.13. The number of hydrogen-bond acceptors (Lipinski definition) is 6. The van der Waals surface area contributed by atoms with Crippen LogP contribution in [0.3, 0.4) is 0 Å². The zero-order valence-corrected chi connectivity index (χ0v) is 20.3. The first-order chi connectivity index (χ1) is 17.0. The molecule has 0 N–H and O–H groups in total. The van der Waals surface area contributed by atoms with Crippen LogP contribution in [-0.4, -0.2) is 44.5 Å². The first kappa shape index (κ1) is 23.2. The van der Waals surface area contributed by atoms with Crippen LogP contribution in [0.2, 0.25) is 0 Å². The average molecular weight is 467 g/mol. The van der Waals surface area contributed by atoms with Gasteiger partial charge in [-0.3, -0.25) is 19.5 Å². The lowest BCUT2D eigenvalue weighted by molar-refractivity contribution is -0.117. The minimum atomic E-state index is -0.107. The molecule has 2 aromatic heterocycles. The number of nitrogens with zero attached hydrogens (tertiary/aromatic N) is 4. The van der Waals surface area contributed by atoms with Crippen LogP contribution in [0.4, 0.5) is 0 Å². The van der Waals surface area contributed by atoms with E-state index in [1.54, 1.807) is 24.7 Å². The van der Waals surface area contributed by atoms with E-state index < -0.39 is 0 Å². The van der Waals surface area contributed by atoms with E-state index in [9.17, 15) is 9.59 Å². The summed E-state index contributed by atoms with van der Waals surface area (Å²) in [4.78, 5) is 41.5. The van der Waals surface area contributed by atoms with Gasteiger partial charge in [-0.2, -0.15) is 0 Å². The van der Waals surface area contributed by atoms with Gasteiger partial charge in [-0.25, -0.2) is 9.97 Å². The van der Waals surface area contributed by atoms with Gasteiger partial charge in [0.1, 0.15) is 12.1 Å². The Bertz CT molecular complexity index is 1290. The molecule has 0 bridgehead atoms. The van der Waals surface area contributed by atoms with Crippen molar-refractivity contribution in [3.63, 3.8) is 0 Å². The number of likely N-dealkylation sites (tertiary alicyclic amines) is 1. The molecule has 0 saturated carbocycles. The topological polar surface area (TPSA) is 76.1 Å². The quantitative estimate of drug-likeness (QED) is 0.434. The molecule has 3 aromatic rings. The van der Waals surface area contributed by atoms with E-state index in [1.807, 2.05) is 18.2 Å². The molecule has 1 unspecified atom stereocenters.